The van der Waals surface area contributed by atoms with E-state index in [1.807, 2.05) is 50.3 Å². The predicted octanol–water partition coefficient (Wildman–Crippen LogP) is 4.34. The topological polar surface area (TPSA) is 140 Å². The Morgan fingerprint density at radius 2 is 1.83 bits per heavy atom. The van der Waals surface area contributed by atoms with Crippen LogP contribution in [0.1, 0.15) is 42.5 Å². The van der Waals surface area contributed by atoms with Crippen LogP contribution in [-0.2, 0) is 44.2 Å². The number of nitrogens with zero attached hydrogens (tertiary/aromatic N) is 2. The molecule has 0 unspecified atom stereocenters. The molecule has 3 aliphatic heterocycles. The van der Waals surface area contributed by atoms with Crippen LogP contribution in [0.15, 0.2) is 66.7 Å². The number of hydrogen-bond donors (Lipinski definition) is 4. The van der Waals surface area contributed by atoms with Gasteiger partial charge in [0.1, 0.15) is 6.10 Å². The molecule has 1 spiro atoms. The fraction of sp³-hybridized carbons (Fsp3) is 0.417. The number of ether oxygens (including phenoxy) is 1. The zero-order valence-corrected chi connectivity index (χ0v) is 29.3. The van der Waals surface area contributed by atoms with Crippen molar-refractivity contribution < 1.29 is 34.1 Å². The molecule has 3 aromatic carbocycles. The third kappa shape index (κ3) is 6.08. The number of aliphatic hydroxyl groups is 2. The number of carbonyl (C=O) groups is 3. The Labute approximate surface area is 286 Å². The molecule has 12 heteroatoms. The van der Waals surface area contributed by atoms with Crippen LogP contribution in [-0.4, -0.2) is 70.8 Å². The Morgan fingerprint density at radius 3 is 2.52 bits per heavy atom. The molecule has 0 aromatic heterocycles. The lowest BCUT2D eigenvalue weighted by Gasteiger charge is -2.37. The van der Waals surface area contributed by atoms with Crippen molar-refractivity contribution >= 4 is 49.0 Å². The summed E-state index contributed by atoms with van der Waals surface area (Å²) in [7, 11) is -3.05. The zero-order chi connectivity index (χ0) is 34.5. The Morgan fingerprint density at radius 1 is 1.10 bits per heavy atom. The highest BCUT2D eigenvalue weighted by atomic mass is 35.5. The Bertz CT molecular complexity index is 1750. The van der Waals surface area contributed by atoms with Gasteiger partial charge in [-0.3, -0.25) is 14.4 Å². The van der Waals surface area contributed by atoms with Crippen LogP contribution in [0.4, 0.5) is 11.4 Å². The second-order valence-electron chi connectivity index (χ2n) is 13.8. The van der Waals surface area contributed by atoms with Crippen molar-refractivity contribution in [3.05, 3.63) is 94.0 Å². The van der Waals surface area contributed by atoms with Crippen molar-refractivity contribution in [3.8, 4) is 0 Å². The first-order valence-corrected chi connectivity index (χ1v) is 19.7. The monoisotopic (exact) mass is 691 g/mol. The zero-order valence-electron chi connectivity index (χ0n) is 27.5. The van der Waals surface area contributed by atoms with Crippen molar-refractivity contribution in [2.45, 2.75) is 82.3 Å². The van der Waals surface area contributed by atoms with E-state index in [9.17, 15) is 29.4 Å². The number of benzene rings is 3. The molecule has 1 saturated heterocycles. The summed E-state index contributed by atoms with van der Waals surface area (Å²) in [5.74, 6) is -1.56. The lowest BCUT2D eigenvalue weighted by atomic mass is 9.82. The Balaban J connectivity index is 1.33. The van der Waals surface area contributed by atoms with Crippen LogP contribution in [0, 0.1) is 5.92 Å². The summed E-state index contributed by atoms with van der Waals surface area (Å²) in [6.45, 7) is 7.25. The fourth-order valence-corrected chi connectivity index (χ4v) is 10.6. The predicted molar refractivity (Wildman–Crippen MR) is 185 cm³/mol. The molecule has 4 N–H and O–H groups in total. The first-order chi connectivity index (χ1) is 22.7. The van der Waals surface area contributed by atoms with Gasteiger partial charge in [-0.05, 0) is 73.5 Å². The van der Waals surface area contributed by atoms with Crippen LogP contribution in [0.5, 0.6) is 0 Å². The Kier molecular flexibility index (Phi) is 9.31. The SMILES string of the molecule is C[C@H](O)C(=O)Nc1cccc(CN2C(=O)[C@]3(O[C@H](CC(=O)N4Cc5ccccc5C[C@H]4CO)[C@@H]([Si](C)(C)O)[C@@H]3C)c3cc(Cl)ccc32)c1. The van der Waals surface area contributed by atoms with Gasteiger partial charge in [0.25, 0.3) is 11.8 Å². The maximum Gasteiger partial charge on any atom is 0.264 e. The van der Waals surface area contributed by atoms with Crippen molar-refractivity contribution in [2.24, 2.45) is 5.92 Å². The molecule has 6 rings (SSSR count). The fourth-order valence-electron chi connectivity index (χ4n) is 7.92. The summed E-state index contributed by atoms with van der Waals surface area (Å²) < 4.78 is 6.86. The molecule has 48 heavy (non-hydrogen) atoms. The number of carbonyl (C=O) groups excluding carboxylic acids is 3. The quantitative estimate of drug-likeness (QED) is 0.258. The van der Waals surface area contributed by atoms with Gasteiger partial charge in [0.15, 0.2) is 13.9 Å². The van der Waals surface area contributed by atoms with E-state index >= 15 is 0 Å². The van der Waals surface area contributed by atoms with Crippen molar-refractivity contribution in [2.75, 3.05) is 16.8 Å². The van der Waals surface area contributed by atoms with Gasteiger partial charge in [-0.1, -0.05) is 54.9 Å². The number of aliphatic hydroxyl groups excluding tert-OH is 2. The van der Waals surface area contributed by atoms with E-state index in [2.05, 4.69) is 5.32 Å². The van der Waals surface area contributed by atoms with Gasteiger partial charge in [0.05, 0.1) is 37.4 Å². The lowest BCUT2D eigenvalue weighted by molar-refractivity contribution is -0.151. The average Bonchev–Trinajstić information content (AvgIpc) is 3.46. The first kappa shape index (κ1) is 34.3. The molecule has 10 nitrogen and oxygen atoms in total. The molecular weight excluding hydrogens is 650 g/mol. The van der Waals surface area contributed by atoms with E-state index < -0.39 is 43.5 Å². The molecule has 6 atom stereocenters. The van der Waals surface area contributed by atoms with E-state index in [-0.39, 0.29) is 37.4 Å². The third-order valence-electron chi connectivity index (χ3n) is 10.1. The number of rotatable bonds is 8. The second-order valence-corrected chi connectivity index (χ2v) is 18.2. The molecule has 3 aliphatic rings. The molecular formula is C36H42ClN3O7Si. The number of nitrogens with one attached hydrogen (secondary N) is 1. The van der Waals surface area contributed by atoms with Crippen molar-refractivity contribution in [1.29, 1.82) is 0 Å². The molecule has 254 valence electrons. The summed E-state index contributed by atoms with van der Waals surface area (Å²) >= 11 is 6.53. The third-order valence-corrected chi connectivity index (χ3v) is 12.9. The summed E-state index contributed by atoms with van der Waals surface area (Å²) in [5, 5.41) is 23.0. The summed E-state index contributed by atoms with van der Waals surface area (Å²) in [5.41, 5.74) is 2.59. The number of anilines is 2. The van der Waals surface area contributed by atoms with Gasteiger partial charge in [0, 0.05) is 34.3 Å². The summed E-state index contributed by atoms with van der Waals surface area (Å²) in [6, 6.07) is 19.8. The molecule has 0 saturated carbocycles. The van der Waals surface area contributed by atoms with Crippen LogP contribution >= 0.6 is 11.6 Å². The minimum atomic E-state index is -3.05. The first-order valence-electron chi connectivity index (χ1n) is 16.3. The van der Waals surface area contributed by atoms with Crippen LogP contribution in [0.2, 0.25) is 23.7 Å². The van der Waals surface area contributed by atoms with E-state index in [0.29, 0.717) is 34.9 Å². The highest BCUT2D eigenvalue weighted by Gasteiger charge is 2.66. The molecule has 3 amide bonds. The molecule has 0 bridgehead atoms. The smallest absolute Gasteiger partial charge is 0.264 e. The van der Waals surface area contributed by atoms with Crippen LogP contribution < -0.4 is 10.2 Å². The van der Waals surface area contributed by atoms with Gasteiger partial charge >= 0.3 is 0 Å². The maximum atomic E-state index is 14.8. The Hall–Kier alpha value is -3.58. The van der Waals surface area contributed by atoms with Gasteiger partial charge in [-0.2, -0.15) is 0 Å². The standard InChI is InChI=1S/C36H42ClN3O7Si/c1-21-33(48(3,4)46)31(17-32(43)39-19-25-10-6-5-9-24(25)15-28(39)20-41)47-36(21)29-16-26(37)12-13-30(29)40(35(36)45)18-23-8-7-11-27(14-23)38-34(44)22(2)42/h5-14,16,21-22,28,31,33,41-42,46H,15,17-20H2,1-4H3,(H,38,44)/t21-,22-,28-,31+,33-,36+/m0/s1. The van der Waals surface area contributed by atoms with Crippen LogP contribution in [0.25, 0.3) is 0 Å². The molecule has 1 fully saturated rings. The van der Waals surface area contributed by atoms with Gasteiger partial charge < -0.3 is 34.9 Å². The maximum absolute atomic E-state index is 14.8. The minimum absolute atomic E-state index is 0.0549. The largest absolute Gasteiger partial charge is 0.432 e. The number of hydrogen-bond acceptors (Lipinski definition) is 7. The van der Waals surface area contributed by atoms with Gasteiger partial charge in [0.2, 0.25) is 5.91 Å². The van der Waals surface area contributed by atoms with Gasteiger partial charge in [-0.15, -0.1) is 0 Å². The normalized spacial score (nSPS) is 25.6. The van der Waals surface area contributed by atoms with E-state index in [1.54, 1.807) is 46.2 Å². The van der Waals surface area contributed by atoms with E-state index in [1.165, 1.54) is 6.92 Å². The number of amides is 3. The average molecular weight is 692 g/mol. The van der Waals surface area contributed by atoms with Gasteiger partial charge in [-0.25, -0.2) is 0 Å². The lowest BCUT2D eigenvalue weighted by Crippen LogP contribution is -2.48. The second kappa shape index (κ2) is 13.0. The molecule has 0 radical (unpaired) electrons. The molecule has 3 heterocycles. The van der Waals surface area contributed by atoms with Crippen molar-refractivity contribution in [3.63, 3.8) is 0 Å². The summed E-state index contributed by atoms with van der Waals surface area (Å²) in [4.78, 5) is 56.0. The van der Waals surface area contributed by atoms with E-state index in [0.717, 1.165) is 16.7 Å². The highest BCUT2D eigenvalue weighted by molar-refractivity contribution is 6.71. The summed E-state index contributed by atoms with van der Waals surface area (Å²) in [6.07, 6.45) is -1.46. The number of halogens is 1. The molecule has 0 aliphatic carbocycles. The number of fused-ring (bicyclic) bond motifs is 3. The minimum Gasteiger partial charge on any atom is -0.432 e. The molecule has 3 aromatic rings. The highest BCUT2D eigenvalue weighted by Crippen LogP contribution is 2.60. The van der Waals surface area contributed by atoms with Crippen LogP contribution in [0.3, 0.4) is 0 Å². The van der Waals surface area contributed by atoms with E-state index in [4.69, 9.17) is 16.3 Å². The van der Waals surface area contributed by atoms with Crippen molar-refractivity contribution in [1.82, 2.24) is 4.90 Å².